The van der Waals surface area contributed by atoms with E-state index in [2.05, 4.69) is 18.8 Å². The third-order valence-electron chi connectivity index (χ3n) is 2.78. The van der Waals surface area contributed by atoms with Gasteiger partial charge in [-0.25, -0.2) is 4.79 Å². The van der Waals surface area contributed by atoms with Gasteiger partial charge in [-0.1, -0.05) is 13.8 Å². The van der Waals surface area contributed by atoms with E-state index in [-0.39, 0.29) is 17.3 Å². The molecular formula is C9H13N3O2. The van der Waals surface area contributed by atoms with Crippen molar-refractivity contribution in [2.45, 2.75) is 26.3 Å². The summed E-state index contributed by atoms with van der Waals surface area (Å²) in [5.74, 6) is 0.245. The number of nitrogens with one attached hydrogen (secondary N) is 1. The highest BCUT2D eigenvalue weighted by atomic mass is 16.2. The van der Waals surface area contributed by atoms with Gasteiger partial charge in [-0.2, -0.15) is 0 Å². The van der Waals surface area contributed by atoms with Crippen molar-refractivity contribution in [1.29, 1.82) is 0 Å². The molecule has 14 heavy (non-hydrogen) atoms. The predicted octanol–water partition coefficient (Wildman–Crippen LogP) is 0.0898. The summed E-state index contributed by atoms with van der Waals surface area (Å²) in [6, 6.07) is 1.36. The molecule has 0 aromatic carbocycles. The van der Waals surface area contributed by atoms with Crippen molar-refractivity contribution in [3.63, 3.8) is 0 Å². The molecule has 0 aliphatic heterocycles. The van der Waals surface area contributed by atoms with Crippen LogP contribution in [-0.4, -0.2) is 9.55 Å². The number of aromatic nitrogens is 2. The molecule has 5 nitrogen and oxygen atoms in total. The third kappa shape index (κ3) is 1.25. The van der Waals surface area contributed by atoms with Crippen LogP contribution in [0.5, 0.6) is 0 Å². The normalized spacial score (nSPS) is 23.4. The molecule has 1 aromatic rings. The van der Waals surface area contributed by atoms with Crippen LogP contribution in [0.25, 0.3) is 0 Å². The number of hydrogen-bond acceptors (Lipinski definition) is 3. The summed E-state index contributed by atoms with van der Waals surface area (Å²) in [4.78, 5) is 24.6. The second-order valence-corrected chi connectivity index (χ2v) is 4.44. The largest absolute Gasteiger partial charge is 0.385 e. The number of anilines is 1. The number of hydrogen-bond donors (Lipinski definition) is 2. The summed E-state index contributed by atoms with van der Waals surface area (Å²) in [6.45, 7) is 4.13. The van der Waals surface area contributed by atoms with Gasteiger partial charge in [0.2, 0.25) is 0 Å². The van der Waals surface area contributed by atoms with Gasteiger partial charge in [0.1, 0.15) is 5.82 Å². The van der Waals surface area contributed by atoms with Crippen molar-refractivity contribution in [2.24, 2.45) is 5.41 Å². The van der Waals surface area contributed by atoms with E-state index < -0.39 is 11.2 Å². The highest BCUT2D eigenvalue weighted by Gasteiger charge is 2.48. The first-order valence-electron chi connectivity index (χ1n) is 4.53. The first-order valence-corrected chi connectivity index (χ1v) is 4.53. The quantitative estimate of drug-likeness (QED) is 0.666. The topological polar surface area (TPSA) is 80.9 Å². The molecule has 1 unspecified atom stereocenters. The summed E-state index contributed by atoms with van der Waals surface area (Å²) in [5, 5.41) is 0. The summed E-state index contributed by atoms with van der Waals surface area (Å²) in [5.41, 5.74) is 4.88. The van der Waals surface area contributed by atoms with Crippen molar-refractivity contribution in [1.82, 2.24) is 9.55 Å². The Morgan fingerprint density at radius 1 is 1.57 bits per heavy atom. The van der Waals surface area contributed by atoms with Gasteiger partial charge in [0.15, 0.2) is 0 Å². The molecular weight excluding hydrogens is 182 g/mol. The fourth-order valence-electron chi connectivity index (χ4n) is 1.72. The zero-order valence-corrected chi connectivity index (χ0v) is 8.20. The smallest absolute Gasteiger partial charge is 0.330 e. The van der Waals surface area contributed by atoms with E-state index in [0.717, 1.165) is 6.42 Å². The molecule has 5 heteroatoms. The van der Waals surface area contributed by atoms with Gasteiger partial charge in [-0.15, -0.1) is 0 Å². The second-order valence-electron chi connectivity index (χ2n) is 4.44. The molecule has 1 aliphatic carbocycles. The van der Waals surface area contributed by atoms with E-state index >= 15 is 0 Å². The number of nitrogen functional groups attached to an aromatic ring is 1. The fraction of sp³-hybridized carbons (Fsp3) is 0.556. The van der Waals surface area contributed by atoms with Gasteiger partial charge < -0.3 is 5.73 Å². The monoisotopic (exact) mass is 195 g/mol. The lowest BCUT2D eigenvalue weighted by Crippen LogP contribution is -2.31. The summed E-state index contributed by atoms with van der Waals surface area (Å²) >= 11 is 0. The van der Waals surface area contributed by atoms with E-state index in [9.17, 15) is 9.59 Å². The Hall–Kier alpha value is -1.52. The van der Waals surface area contributed by atoms with Crippen LogP contribution in [0, 0.1) is 5.41 Å². The third-order valence-corrected chi connectivity index (χ3v) is 2.78. The van der Waals surface area contributed by atoms with Crippen molar-refractivity contribution < 1.29 is 0 Å². The Morgan fingerprint density at radius 2 is 2.14 bits per heavy atom. The highest BCUT2D eigenvalue weighted by Crippen LogP contribution is 2.55. The van der Waals surface area contributed by atoms with Crippen molar-refractivity contribution in [2.75, 3.05) is 5.73 Å². The van der Waals surface area contributed by atoms with Crippen LogP contribution in [0.1, 0.15) is 26.3 Å². The molecule has 0 saturated heterocycles. The van der Waals surface area contributed by atoms with E-state index in [1.807, 2.05) is 0 Å². The molecule has 1 atom stereocenters. The fourth-order valence-corrected chi connectivity index (χ4v) is 1.72. The SMILES string of the molecule is CC1(C)CC1n1c(N)cc(=O)[nH]c1=O. The number of rotatable bonds is 1. The Kier molecular flexibility index (Phi) is 1.61. The van der Waals surface area contributed by atoms with Crippen molar-refractivity contribution >= 4 is 5.82 Å². The lowest BCUT2D eigenvalue weighted by molar-refractivity contribution is 0.527. The maximum Gasteiger partial charge on any atom is 0.330 e. The Labute approximate surface area is 80.6 Å². The molecule has 1 heterocycles. The maximum atomic E-state index is 11.5. The van der Waals surface area contributed by atoms with Gasteiger partial charge in [0, 0.05) is 12.1 Å². The molecule has 0 amide bonds. The first-order chi connectivity index (χ1) is 6.42. The zero-order valence-electron chi connectivity index (χ0n) is 8.20. The number of H-pyrrole nitrogens is 1. The molecule has 3 N–H and O–H groups in total. The van der Waals surface area contributed by atoms with Gasteiger partial charge in [-0.3, -0.25) is 14.3 Å². The van der Waals surface area contributed by atoms with Crippen LogP contribution >= 0.6 is 0 Å². The Bertz CT molecular complexity index is 484. The lowest BCUT2D eigenvalue weighted by atomic mass is 10.2. The summed E-state index contributed by atoms with van der Waals surface area (Å²) < 4.78 is 1.46. The average molecular weight is 195 g/mol. The molecule has 1 aliphatic rings. The zero-order chi connectivity index (χ0) is 10.5. The van der Waals surface area contributed by atoms with Gasteiger partial charge in [0.05, 0.1) is 0 Å². The molecule has 0 bridgehead atoms. The molecule has 0 radical (unpaired) electrons. The molecule has 1 saturated carbocycles. The van der Waals surface area contributed by atoms with E-state index in [1.165, 1.54) is 10.6 Å². The van der Waals surface area contributed by atoms with Crippen molar-refractivity contribution in [3.8, 4) is 0 Å². The van der Waals surface area contributed by atoms with Crippen molar-refractivity contribution in [3.05, 3.63) is 26.9 Å². The highest BCUT2D eigenvalue weighted by molar-refractivity contribution is 5.29. The van der Waals surface area contributed by atoms with Crippen LogP contribution in [0.2, 0.25) is 0 Å². The molecule has 0 spiro atoms. The van der Waals surface area contributed by atoms with E-state index in [4.69, 9.17) is 5.73 Å². The van der Waals surface area contributed by atoms with Crippen LogP contribution in [0.3, 0.4) is 0 Å². The van der Waals surface area contributed by atoms with Gasteiger partial charge in [-0.05, 0) is 11.8 Å². The second kappa shape index (κ2) is 2.50. The van der Waals surface area contributed by atoms with Gasteiger partial charge in [0.25, 0.3) is 5.56 Å². The number of nitrogens with two attached hydrogens (primary N) is 1. The predicted molar refractivity (Wildman–Crippen MR) is 53.2 cm³/mol. The van der Waals surface area contributed by atoms with Crippen LogP contribution in [-0.2, 0) is 0 Å². The van der Waals surface area contributed by atoms with Crippen LogP contribution in [0.4, 0.5) is 5.82 Å². The number of nitrogens with zero attached hydrogens (tertiary/aromatic N) is 1. The van der Waals surface area contributed by atoms with Crippen LogP contribution in [0.15, 0.2) is 15.7 Å². The standard InChI is InChI=1S/C9H13N3O2/c1-9(2)4-5(9)12-6(10)3-7(13)11-8(12)14/h3,5H,4,10H2,1-2H3,(H,11,13,14). The Morgan fingerprint density at radius 3 is 2.57 bits per heavy atom. The minimum absolute atomic E-state index is 0.107. The summed E-state index contributed by atoms with van der Waals surface area (Å²) in [6.07, 6.45) is 0.920. The van der Waals surface area contributed by atoms with E-state index in [1.54, 1.807) is 0 Å². The summed E-state index contributed by atoms with van der Waals surface area (Å²) in [7, 11) is 0. The lowest BCUT2D eigenvalue weighted by Gasteiger charge is -2.09. The maximum absolute atomic E-state index is 11.5. The minimum Gasteiger partial charge on any atom is -0.385 e. The Balaban J connectivity index is 2.56. The minimum atomic E-state index is -0.442. The first kappa shape index (κ1) is 9.05. The van der Waals surface area contributed by atoms with Gasteiger partial charge >= 0.3 is 5.69 Å². The average Bonchev–Trinajstić information content (AvgIpc) is 2.56. The van der Waals surface area contributed by atoms with E-state index in [0.29, 0.717) is 0 Å². The number of aromatic amines is 1. The molecule has 1 fully saturated rings. The molecule has 1 aromatic heterocycles. The molecule has 76 valence electrons. The molecule has 2 rings (SSSR count). The van der Waals surface area contributed by atoms with Crippen LogP contribution < -0.4 is 17.0 Å².